The van der Waals surface area contributed by atoms with E-state index in [4.69, 9.17) is 4.74 Å². The number of rotatable bonds is 8. The van der Waals surface area contributed by atoms with Crippen LogP contribution in [0.1, 0.15) is 41.4 Å². The summed E-state index contributed by atoms with van der Waals surface area (Å²) in [6.45, 7) is 3.00. The largest absolute Gasteiger partial charge is 0.376 e. The zero-order chi connectivity index (χ0) is 21.9. The molecule has 3 aromatic rings. The number of nitrogens with zero attached hydrogens (tertiary/aromatic N) is 5. The Balaban J connectivity index is 1.30. The molecule has 8 heteroatoms. The molecule has 5 rings (SSSR count). The van der Waals surface area contributed by atoms with Crippen LogP contribution in [0.2, 0.25) is 0 Å². The summed E-state index contributed by atoms with van der Waals surface area (Å²) >= 11 is 0. The molecule has 2 aliphatic rings. The molecule has 1 amide bonds. The number of aromatic nitrogens is 4. The molecule has 32 heavy (non-hydrogen) atoms. The van der Waals surface area contributed by atoms with Gasteiger partial charge in [-0.2, -0.15) is 0 Å². The second-order valence-corrected chi connectivity index (χ2v) is 8.66. The summed E-state index contributed by atoms with van der Waals surface area (Å²) in [4.78, 5) is 27.6. The highest BCUT2D eigenvalue weighted by atomic mass is 19.1. The van der Waals surface area contributed by atoms with E-state index in [1.165, 1.54) is 24.6 Å². The molecule has 0 bridgehead atoms. The molecule has 0 N–H and O–H groups in total. The van der Waals surface area contributed by atoms with Crippen LogP contribution < -0.4 is 0 Å². The fraction of sp³-hybridized carbons (Fsp3) is 0.417. The van der Waals surface area contributed by atoms with Crippen molar-refractivity contribution in [2.24, 2.45) is 5.92 Å². The first-order valence-corrected chi connectivity index (χ1v) is 11.0. The van der Waals surface area contributed by atoms with Gasteiger partial charge in [0.05, 0.1) is 44.4 Å². The number of carbonyl (C=O) groups excluding carboxylic acids is 1. The van der Waals surface area contributed by atoms with Crippen molar-refractivity contribution in [3.8, 4) is 0 Å². The molecule has 1 saturated carbocycles. The fourth-order valence-electron chi connectivity index (χ4n) is 4.25. The summed E-state index contributed by atoms with van der Waals surface area (Å²) in [7, 11) is 0. The van der Waals surface area contributed by atoms with Gasteiger partial charge in [0, 0.05) is 42.8 Å². The van der Waals surface area contributed by atoms with Crippen molar-refractivity contribution in [2.45, 2.75) is 44.9 Å². The second kappa shape index (κ2) is 9.16. The van der Waals surface area contributed by atoms with E-state index in [-0.39, 0.29) is 18.2 Å². The Kier molecular flexibility index (Phi) is 5.94. The Morgan fingerprint density at radius 2 is 2.09 bits per heavy atom. The van der Waals surface area contributed by atoms with Crippen LogP contribution >= 0.6 is 0 Å². The molecule has 1 aliphatic heterocycles. The summed E-state index contributed by atoms with van der Waals surface area (Å²) in [5, 5.41) is 0. The van der Waals surface area contributed by atoms with Crippen LogP contribution in [0.3, 0.4) is 0 Å². The van der Waals surface area contributed by atoms with Crippen molar-refractivity contribution in [1.29, 1.82) is 0 Å². The molecule has 0 unspecified atom stereocenters. The maximum atomic E-state index is 13.1. The minimum atomic E-state index is -0.407. The van der Waals surface area contributed by atoms with Crippen LogP contribution in [-0.2, 0) is 35.6 Å². The number of imidazole rings is 1. The van der Waals surface area contributed by atoms with E-state index in [9.17, 15) is 9.18 Å². The monoisotopic (exact) mass is 435 g/mol. The lowest BCUT2D eigenvalue weighted by atomic mass is 9.98. The van der Waals surface area contributed by atoms with Gasteiger partial charge in [-0.15, -0.1) is 0 Å². The normalized spacial score (nSPS) is 17.9. The number of carbonyl (C=O) groups is 1. The highest BCUT2D eigenvalue weighted by molar-refractivity contribution is 5.78. The van der Waals surface area contributed by atoms with Crippen molar-refractivity contribution in [3.63, 3.8) is 0 Å². The Labute approximate surface area is 186 Å². The lowest BCUT2D eigenvalue weighted by molar-refractivity contribution is -0.132. The zero-order valence-corrected chi connectivity index (χ0v) is 17.9. The Bertz CT molecular complexity index is 1070. The van der Waals surface area contributed by atoms with E-state index in [0.29, 0.717) is 32.0 Å². The quantitative estimate of drug-likeness (QED) is 0.544. The van der Waals surface area contributed by atoms with Gasteiger partial charge >= 0.3 is 0 Å². The van der Waals surface area contributed by atoms with E-state index in [1.54, 1.807) is 18.5 Å². The molecule has 0 radical (unpaired) electrons. The topological polar surface area (TPSA) is 73.1 Å². The molecule has 166 valence electrons. The Morgan fingerprint density at radius 1 is 1.19 bits per heavy atom. The first-order chi connectivity index (χ1) is 15.7. The average molecular weight is 436 g/mol. The molecule has 0 aromatic carbocycles. The van der Waals surface area contributed by atoms with Crippen molar-refractivity contribution < 1.29 is 13.9 Å². The molecule has 3 aromatic heterocycles. The molecule has 1 aliphatic carbocycles. The summed E-state index contributed by atoms with van der Waals surface area (Å²) in [6.07, 6.45) is 9.27. The first kappa shape index (κ1) is 20.8. The van der Waals surface area contributed by atoms with Gasteiger partial charge in [-0.05, 0) is 42.5 Å². The second-order valence-electron chi connectivity index (χ2n) is 8.66. The summed E-state index contributed by atoms with van der Waals surface area (Å²) in [5.74, 6) is 0.330. The van der Waals surface area contributed by atoms with Gasteiger partial charge in [-0.1, -0.05) is 6.07 Å². The minimum absolute atomic E-state index is 0.0382. The molecule has 1 fully saturated rings. The van der Waals surface area contributed by atoms with Gasteiger partial charge in [0.25, 0.3) is 0 Å². The molecular weight excluding hydrogens is 409 g/mol. The van der Waals surface area contributed by atoms with Crippen molar-refractivity contribution in [3.05, 3.63) is 77.6 Å². The predicted octanol–water partition coefficient (Wildman–Crippen LogP) is 3.11. The van der Waals surface area contributed by atoms with Crippen molar-refractivity contribution in [1.82, 2.24) is 24.4 Å². The van der Waals surface area contributed by atoms with Crippen LogP contribution in [-0.4, -0.2) is 43.5 Å². The van der Waals surface area contributed by atoms with Crippen molar-refractivity contribution >= 4 is 5.91 Å². The number of pyridine rings is 2. The number of ether oxygens (including phenoxy) is 1. The van der Waals surface area contributed by atoms with Crippen LogP contribution in [0.15, 0.2) is 49.2 Å². The Hall–Kier alpha value is -3.13. The summed E-state index contributed by atoms with van der Waals surface area (Å²) < 4.78 is 21.5. The third-order valence-electron chi connectivity index (χ3n) is 6.06. The highest BCUT2D eigenvalue weighted by Gasteiger charge is 2.33. The third kappa shape index (κ3) is 4.85. The zero-order valence-electron chi connectivity index (χ0n) is 17.9. The molecule has 4 heterocycles. The summed E-state index contributed by atoms with van der Waals surface area (Å²) in [5.41, 5.74) is 3.70. The number of fused-ring (bicyclic) bond motifs is 1. The van der Waals surface area contributed by atoms with E-state index in [1.807, 2.05) is 23.4 Å². The smallest absolute Gasteiger partial charge is 0.228 e. The van der Waals surface area contributed by atoms with E-state index in [0.717, 1.165) is 29.9 Å². The Morgan fingerprint density at radius 3 is 2.84 bits per heavy atom. The molecule has 1 atom stereocenters. The van der Waals surface area contributed by atoms with Gasteiger partial charge in [-0.3, -0.25) is 14.8 Å². The summed E-state index contributed by atoms with van der Waals surface area (Å²) in [6, 6.07) is 6.77. The molecular formula is C24H26FN5O2. The van der Waals surface area contributed by atoms with Crippen LogP contribution in [0, 0.1) is 11.7 Å². The number of hydrogen-bond donors (Lipinski definition) is 0. The van der Waals surface area contributed by atoms with Gasteiger partial charge in [0.15, 0.2) is 0 Å². The van der Waals surface area contributed by atoms with Gasteiger partial charge in [0.2, 0.25) is 5.91 Å². The molecule has 0 spiro atoms. The SMILES string of the molecule is O=C(Cc1ccc(F)cn1)N1Cc2ncn(CC3CC3)c2[C@H](COCc2cccnc2)C1. The van der Waals surface area contributed by atoms with Gasteiger partial charge in [0.1, 0.15) is 5.82 Å². The lowest BCUT2D eigenvalue weighted by Crippen LogP contribution is -2.41. The van der Waals surface area contributed by atoms with Gasteiger partial charge < -0.3 is 14.2 Å². The fourth-order valence-corrected chi connectivity index (χ4v) is 4.25. The third-order valence-corrected chi connectivity index (χ3v) is 6.06. The highest BCUT2D eigenvalue weighted by Crippen LogP contribution is 2.34. The molecule has 7 nitrogen and oxygen atoms in total. The van der Waals surface area contributed by atoms with Crippen molar-refractivity contribution in [2.75, 3.05) is 13.2 Å². The average Bonchev–Trinajstić information content (AvgIpc) is 3.54. The van der Waals surface area contributed by atoms with Crippen LogP contribution in [0.5, 0.6) is 0 Å². The minimum Gasteiger partial charge on any atom is -0.376 e. The maximum Gasteiger partial charge on any atom is 0.228 e. The first-order valence-electron chi connectivity index (χ1n) is 11.0. The number of hydrogen-bond acceptors (Lipinski definition) is 5. The number of amides is 1. The van der Waals surface area contributed by atoms with Gasteiger partial charge in [-0.25, -0.2) is 9.37 Å². The van der Waals surface area contributed by atoms with E-state index in [2.05, 4.69) is 19.5 Å². The molecule has 0 saturated heterocycles. The van der Waals surface area contributed by atoms with E-state index < -0.39 is 5.82 Å². The lowest BCUT2D eigenvalue weighted by Gasteiger charge is -2.33. The van der Waals surface area contributed by atoms with E-state index >= 15 is 0 Å². The van der Waals surface area contributed by atoms with Crippen LogP contribution in [0.25, 0.3) is 0 Å². The maximum absolute atomic E-state index is 13.1. The number of halogens is 1. The predicted molar refractivity (Wildman–Crippen MR) is 115 cm³/mol. The standard InChI is InChI=1S/C24H26FN5O2/c25-20-5-6-21(27-10-20)8-23(31)29-12-19(15-32-14-18-2-1-7-26-9-18)24-22(13-29)28-16-30(24)11-17-3-4-17/h1-2,5-7,9-10,16-17,19H,3-4,8,11-15H2/t19-/m0/s1. The van der Waals surface area contributed by atoms with Crippen LogP contribution in [0.4, 0.5) is 4.39 Å².